The van der Waals surface area contributed by atoms with E-state index < -0.39 is 35.6 Å². The van der Waals surface area contributed by atoms with Crippen LogP contribution < -0.4 is 11.1 Å². The molecule has 1 rings (SSSR count). The van der Waals surface area contributed by atoms with Gasteiger partial charge in [0.1, 0.15) is 6.04 Å². The summed E-state index contributed by atoms with van der Waals surface area (Å²) < 4.78 is 41.7. The maximum atomic E-state index is 12.4. The third-order valence-electron chi connectivity index (χ3n) is 2.99. The minimum Gasteiger partial charge on any atom is -0.469 e. The fraction of sp³-hybridized carbons (Fsp3) is 0.357. The molecule has 0 heterocycles. The number of amides is 2. The molecule has 1 aromatic carbocycles. The van der Waals surface area contributed by atoms with Crippen LogP contribution in [0.2, 0.25) is 0 Å². The van der Waals surface area contributed by atoms with E-state index in [-0.39, 0.29) is 18.4 Å². The van der Waals surface area contributed by atoms with Crippen molar-refractivity contribution in [3.8, 4) is 0 Å². The Balaban J connectivity index is 2.75. The molecule has 0 saturated heterocycles. The molecule has 0 fully saturated rings. The summed E-state index contributed by atoms with van der Waals surface area (Å²) in [6, 6.07) is 2.34. The van der Waals surface area contributed by atoms with Crippen molar-refractivity contribution in [1.29, 1.82) is 0 Å². The molecule has 9 heteroatoms. The van der Waals surface area contributed by atoms with Crippen molar-refractivity contribution in [1.82, 2.24) is 5.32 Å². The van der Waals surface area contributed by atoms with Crippen LogP contribution in [0.4, 0.5) is 13.2 Å². The Morgan fingerprint density at radius 1 is 1.22 bits per heavy atom. The lowest BCUT2D eigenvalue weighted by molar-refractivity contribution is -0.141. The number of primary amides is 1. The molecule has 0 aliphatic heterocycles. The van der Waals surface area contributed by atoms with Crippen molar-refractivity contribution in [2.75, 3.05) is 7.11 Å². The Bertz CT molecular complexity index is 585. The number of rotatable bonds is 6. The van der Waals surface area contributed by atoms with Crippen molar-refractivity contribution in [3.63, 3.8) is 0 Å². The van der Waals surface area contributed by atoms with Crippen LogP contribution in [0, 0.1) is 0 Å². The normalized spacial score (nSPS) is 12.3. The maximum absolute atomic E-state index is 12.4. The van der Waals surface area contributed by atoms with Crippen LogP contribution in [0.25, 0.3) is 0 Å². The van der Waals surface area contributed by atoms with Crippen LogP contribution in [0.15, 0.2) is 24.3 Å². The van der Waals surface area contributed by atoms with Crippen LogP contribution in [-0.2, 0) is 20.5 Å². The molecule has 1 aromatic rings. The largest absolute Gasteiger partial charge is 0.469 e. The van der Waals surface area contributed by atoms with E-state index in [9.17, 15) is 27.6 Å². The molecule has 3 N–H and O–H groups in total. The molecule has 1 atom stereocenters. The molecular formula is C14H15F3N2O4. The van der Waals surface area contributed by atoms with Gasteiger partial charge >= 0.3 is 12.1 Å². The molecule has 0 radical (unpaired) electrons. The van der Waals surface area contributed by atoms with Crippen molar-refractivity contribution in [2.45, 2.75) is 25.1 Å². The number of hydrogen-bond acceptors (Lipinski definition) is 4. The second-order valence-electron chi connectivity index (χ2n) is 4.62. The molecular weight excluding hydrogens is 317 g/mol. The smallest absolute Gasteiger partial charge is 0.416 e. The fourth-order valence-corrected chi connectivity index (χ4v) is 1.70. The number of halogens is 3. The van der Waals surface area contributed by atoms with Crippen molar-refractivity contribution >= 4 is 17.8 Å². The van der Waals surface area contributed by atoms with Gasteiger partial charge in [0.15, 0.2) is 0 Å². The molecule has 0 aromatic heterocycles. The first kappa shape index (κ1) is 18.5. The lowest BCUT2D eigenvalue weighted by Gasteiger charge is -2.15. The van der Waals surface area contributed by atoms with Gasteiger partial charge in [-0.1, -0.05) is 0 Å². The summed E-state index contributed by atoms with van der Waals surface area (Å²) in [4.78, 5) is 34.2. The summed E-state index contributed by atoms with van der Waals surface area (Å²) in [5.41, 5.74) is 4.15. The van der Waals surface area contributed by atoms with E-state index in [4.69, 9.17) is 5.73 Å². The van der Waals surface area contributed by atoms with Crippen LogP contribution in [0.1, 0.15) is 28.8 Å². The Labute approximate surface area is 129 Å². The molecule has 0 spiro atoms. The van der Waals surface area contributed by atoms with Crippen LogP contribution in [0.3, 0.4) is 0 Å². The van der Waals surface area contributed by atoms with Gasteiger partial charge in [0.25, 0.3) is 5.91 Å². The minimum atomic E-state index is -4.51. The van der Waals surface area contributed by atoms with Gasteiger partial charge in [0.2, 0.25) is 5.91 Å². The summed E-state index contributed by atoms with van der Waals surface area (Å²) in [6.07, 6.45) is -4.73. The molecule has 23 heavy (non-hydrogen) atoms. The number of hydrogen-bond donors (Lipinski definition) is 2. The van der Waals surface area contributed by atoms with Gasteiger partial charge < -0.3 is 15.8 Å². The number of esters is 1. The highest BCUT2D eigenvalue weighted by atomic mass is 19.4. The number of carbonyl (C=O) groups is 3. The number of carbonyl (C=O) groups excluding carboxylic acids is 3. The number of nitrogens with two attached hydrogens (primary N) is 1. The first-order chi connectivity index (χ1) is 10.6. The van der Waals surface area contributed by atoms with Gasteiger partial charge in [-0.15, -0.1) is 0 Å². The summed E-state index contributed by atoms with van der Waals surface area (Å²) in [5, 5.41) is 2.27. The molecule has 126 valence electrons. The third kappa shape index (κ3) is 5.61. The second kappa shape index (κ2) is 7.61. The Hall–Kier alpha value is -2.58. The Morgan fingerprint density at radius 2 is 1.78 bits per heavy atom. The van der Waals surface area contributed by atoms with Gasteiger partial charge in [-0.2, -0.15) is 13.2 Å². The van der Waals surface area contributed by atoms with Crippen LogP contribution in [-0.4, -0.2) is 30.9 Å². The van der Waals surface area contributed by atoms with Gasteiger partial charge in [-0.3, -0.25) is 14.4 Å². The lowest BCUT2D eigenvalue weighted by atomic mass is 10.1. The molecule has 0 saturated carbocycles. The number of nitrogens with one attached hydrogen (secondary N) is 1. The fourth-order valence-electron chi connectivity index (χ4n) is 1.70. The zero-order valence-corrected chi connectivity index (χ0v) is 12.1. The van der Waals surface area contributed by atoms with E-state index in [0.29, 0.717) is 0 Å². The van der Waals surface area contributed by atoms with E-state index in [1.165, 1.54) is 7.11 Å². The Morgan fingerprint density at radius 3 is 2.22 bits per heavy atom. The lowest BCUT2D eigenvalue weighted by Crippen LogP contribution is -2.44. The van der Waals surface area contributed by atoms with Crippen molar-refractivity contribution in [2.24, 2.45) is 5.73 Å². The highest BCUT2D eigenvalue weighted by Crippen LogP contribution is 2.29. The monoisotopic (exact) mass is 332 g/mol. The topological polar surface area (TPSA) is 98.5 Å². The first-order valence-corrected chi connectivity index (χ1v) is 6.49. The second-order valence-corrected chi connectivity index (χ2v) is 4.62. The number of methoxy groups -OCH3 is 1. The number of ether oxygens (including phenoxy) is 1. The zero-order valence-electron chi connectivity index (χ0n) is 12.1. The average molecular weight is 332 g/mol. The minimum absolute atomic E-state index is 0.0673. The maximum Gasteiger partial charge on any atom is 0.416 e. The predicted molar refractivity (Wildman–Crippen MR) is 73.1 cm³/mol. The molecule has 0 unspecified atom stereocenters. The molecule has 0 bridgehead atoms. The predicted octanol–water partition coefficient (Wildman–Crippen LogP) is 1.24. The van der Waals surface area contributed by atoms with Gasteiger partial charge in [-0.05, 0) is 30.7 Å². The van der Waals surface area contributed by atoms with E-state index in [0.717, 1.165) is 24.3 Å². The first-order valence-electron chi connectivity index (χ1n) is 6.49. The van der Waals surface area contributed by atoms with E-state index in [1.54, 1.807) is 0 Å². The van der Waals surface area contributed by atoms with E-state index >= 15 is 0 Å². The van der Waals surface area contributed by atoms with Crippen molar-refractivity contribution < 1.29 is 32.3 Å². The quantitative estimate of drug-likeness (QED) is 0.766. The highest BCUT2D eigenvalue weighted by Gasteiger charge is 2.30. The summed E-state index contributed by atoms with van der Waals surface area (Å²) in [7, 11) is 1.17. The Kier molecular flexibility index (Phi) is 6.11. The third-order valence-corrected chi connectivity index (χ3v) is 2.99. The molecule has 2 amide bonds. The number of alkyl halides is 3. The SMILES string of the molecule is COC(=O)CC[C@@H](NC(=O)c1ccc(C(F)(F)F)cc1)C(N)=O. The van der Waals surface area contributed by atoms with Crippen molar-refractivity contribution in [3.05, 3.63) is 35.4 Å². The van der Waals surface area contributed by atoms with Crippen LogP contribution >= 0.6 is 0 Å². The number of benzene rings is 1. The zero-order chi connectivity index (χ0) is 17.6. The average Bonchev–Trinajstić information content (AvgIpc) is 2.49. The molecule has 0 aliphatic carbocycles. The molecule has 6 nitrogen and oxygen atoms in total. The molecule has 0 aliphatic rings. The van der Waals surface area contributed by atoms with Gasteiger partial charge in [0.05, 0.1) is 12.7 Å². The van der Waals surface area contributed by atoms with Gasteiger partial charge in [0, 0.05) is 12.0 Å². The standard InChI is InChI=1S/C14H15F3N2O4/c1-23-11(20)7-6-10(12(18)21)19-13(22)8-2-4-9(5-3-8)14(15,16)17/h2-5,10H,6-7H2,1H3,(H2,18,21)(H,19,22)/t10-/m1/s1. The van der Waals surface area contributed by atoms with E-state index in [2.05, 4.69) is 10.1 Å². The van der Waals surface area contributed by atoms with Crippen LogP contribution in [0.5, 0.6) is 0 Å². The van der Waals surface area contributed by atoms with Gasteiger partial charge in [-0.25, -0.2) is 0 Å². The highest BCUT2D eigenvalue weighted by molar-refractivity contribution is 5.97. The van der Waals surface area contributed by atoms with E-state index in [1.807, 2.05) is 0 Å². The summed E-state index contributed by atoms with van der Waals surface area (Å²) >= 11 is 0. The summed E-state index contributed by atoms with van der Waals surface area (Å²) in [6.45, 7) is 0. The summed E-state index contributed by atoms with van der Waals surface area (Å²) in [5.74, 6) is -2.22.